The molecule has 0 spiro atoms. The van der Waals surface area contributed by atoms with E-state index < -0.39 is 5.91 Å². The zero-order valence-electron chi connectivity index (χ0n) is 20.6. The molecule has 1 aliphatic rings. The third-order valence-corrected chi connectivity index (χ3v) is 5.10. The van der Waals surface area contributed by atoms with Crippen molar-refractivity contribution in [3.8, 4) is 17.1 Å². The molecule has 2 aromatic carbocycles. The Kier molecular flexibility index (Phi) is 12.9. The summed E-state index contributed by atoms with van der Waals surface area (Å²) in [5.74, 6) is -0.746. The number of carbonyl (C=O) groups excluding carboxylic acids is 1. The predicted octanol–water partition coefficient (Wildman–Crippen LogP) is 7.35. The minimum Gasteiger partial charge on any atom is -0.434 e. The molecule has 7 heteroatoms. The number of hydrogen-bond acceptors (Lipinski definition) is 5. The molecule has 0 saturated heterocycles. The quantitative estimate of drug-likeness (QED) is 0.219. The molecule has 0 atom stereocenters. The van der Waals surface area contributed by atoms with Gasteiger partial charge in [0.05, 0.1) is 23.7 Å². The number of aromatic nitrogens is 2. The summed E-state index contributed by atoms with van der Waals surface area (Å²) in [6.45, 7) is 12.1. The molecule has 0 fully saturated rings. The lowest BCUT2D eigenvalue weighted by Crippen LogP contribution is -1.99. The number of ether oxygens (including phenoxy) is 1. The Hall–Kier alpha value is -3.58. The van der Waals surface area contributed by atoms with Crippen molar-refractivity contribution in [1.29, 1.82) is 0 Å². The molecular formula is C28H38N4O3. The third kappa shape index (κ3) is 8.30. The summed E-state index contributed by atoms with van der Waals surface area (Å²) in [6, 6.07) is 11.0. The fourth-order valence-corrected chi connectivity index (χ4v) is 3.51. The van der Waals surface area contributed by atoms with Gasteiger partial charge in [0.2, 0.25) is 0 Å². The van der Waals surface area contributed by atoms with Crippen LogP contribution in [-0.2, 0) is 17.9 Å². The van der Waals surface area contributed by atoms with Crippen LogP contribution in [0.3, 0.4) is 0 Å². The molecule has 2 N–H and O–H groups in total. The number of allylic oxidation sites excluding steroid dienone is 2. The highest BCUT2D eigenvalue weighted by atomic mass is 16.5. The first kappa shape index (κ1) is 29.5. The van der Waals surface area contributed by atoms with Crippen molar-refractivity contribution < 1.29 is 9.53 Å². The predicted molar refractivity (Wildman–Crippen MR) is 145 cm³/mol. The first-order valence-corrected chi connectivity index (χ1v) is 11.7. The fraction of sp³-hybridized carbons (Fsp3) is 0.357. The van der Waals surface area contributed by atoms with E-state index in [-0.39, 0.29) is 13.8 Å². The van der Waals surface area contributed by atoms with E-state index in [1.165, 1.54) is 29.0 Å². The van der Waals surface area contributed by atoms with Crippen LogP contribution in [0.5, 0.6) is 6.01 Å². The van der Waals surface area contributed by atoms with E-state index >= 15 is 0 Å². The lowest BCUT2D eigenvalue weighted by Gasteiger charge is -2.08. The number of nitroso groups, excluding NO2 is 1. The molecule has 7 nitrogen and oxygen atoms in total. The molecule has 1 aliphatic heterocycles. The highest BCUT2D eigenvalue weighted by Gasteiger charge is 2.13. The molecule has 188 valence electrons. The number of nitrogens with one attached hydrogen (secondary N) is 2. The highest BCUT2D eigenvalue weighted by molar-refractivity contribution is 5.85. The first-order valence-electron chi connectivity index (χ1n) is 11.7. The van der Waals surface area contributed by atoms with E-state index in [1.807, 2.05) is 32.9 Å². The van der Waals surface area contributed by atoms with Crippen molar-refractivity contribution in [2.24, 2.45) is 5.18 Å². The summed E-state index contributed by atoms with van der Waals surface area (Å²) in [4.78, 5) is 28.4. The van der Waals surface area contributed by atoms with Crippen molar-refractivity contribution >= 4 is 16.9 Å². The van der Waals surface area contributed by atoms with Crippen molar-refractivity contribution in [2.75, 3.05) is 0 Å². The van der Waals surface area contributed by atoms with Crippen LogP contribution in [0.25, 0.3) is 22.2 Å². The highest BCUT2D eigenvalue weighted by Crippen LogP contribution is 2.31. The number of aromatic amines is 1. The van der Waals surface area contributed by atoms with Crippen LogP contribution >= 0.6 is 0 Å². The number of fused-ring (bicyclic) bond motifs is 2. The largest absolute Gasteiger partial charge is 0.434 e. The van der Waals surface area contributed by atoms with E-state index in [0.717, 1.165) is 41.7 Å². The summed E-state index contributed by atoms with van der Waals surface area (Å²) in [7, 11) is 0. The molecule has 0 unspecified atom stereocenters. The van der Waals surface area contributed by atoms with Crippen LogP contribution in [0.2, 0.25) is 0 Å². The van der Waals surface area contributed by atoms with Crippen LogP contribution in [0, 0.1) is 11.8 Å². The molecule has 0 saturated carbocycles. The van der Waals surface area contributed by atoms with Gasteiger partial charge < -0.3 is 15.0 Å². The van der Waals surface area contributed by atoms with Crippen LogP contribution < -0.4 is 10.1 Å². The Morgan fingerprint density at radius 1 is 1.14 bits per heavy atom. The minimum absolute atomic E-state index is 0. The van der Waals surface area contributed by atoms with Gasteiger partial charge in [0.1, 0.15) is 0 Å². The lowest BCUT2D eigenvalue weighted by molar-refractivity contribution is -0.117. The van der Waals surface area contributed by atoms with Crippen LogP contribution in [0.15, 0.2) is 60.0 Å². The maximum absolute atomic E-state index is 10.8. The number of carbonyl (C=O) groups is 1. The maximum Gasteiger partial charge on any atom is 0.299 e. The SMILES string of the molecule is C.C/C=C\CC.CC.Cc1cc2[nH]c(O/C=C/CC(=O)N=O)nc2cc1-c1ccc2c(c1)CNC2. The molecule has 3 aromatic rings. The molecule has 0 radical (unpaired) electrons. The second-order valence-corrected chi connectivity index (χ2v) is 7.47. The molecule has 4 rings (SSSR count). The maximum atomic E-state index is 10.8. The smallest absolute Gasteiger partial charge is 0.299 e. The Bertz CT molecular complexity index is 1160. The zero-order chi connectivity index (χ0) is 24.9. The summed E-state index contributed by atoms with van der Waals surface area (Å²) in [5.41, 5.74) is 7.79. The Balaban J connectivity index is 0.000000685. The van der Waals surface area contributed by atoms with Gasteiger partial charge in [-0.2, -0.15) is 4.98 Å². The van der Waals surface area contributed by atoms with Gasteiger partial charge in [0, 0.05) is 18.3 Å². The van der Waals surface area contributed by atoms with E-state index in [4.69, 9.17) is 4.74 Å². The van der Waals surface area contributed by atoms with Crippen LogP contribution in [-0.4, -0.2) is 15.9 Å². The standard InChI is InChI=1S/C20H18N4O3.C5H10.C2H6.CH4/c1-12-7-17-18(23-20(22-17)27-6-2-3-19(25)24-26)9-16(12)13-4-5-14-10-21-11-15(14)8-13;1-3-5-4-2;1-2;/h2,4-9,21H,3,10-11H2,1H3,(H,22,23);3,5H,4H2,1-2H3;1-2H3;1H4/b6-2+;5-3-;;. The van der Waals surface area contributed by atoms with Gasteiger partial charge in [-0.25, -0.2) is 0 Å². The van der Waals surface area contributed by atoms with Crippen LogP contribution in [0.4, 0.5) is 0 Å². The lowest BCUT2D eigenvalue weighted by atomic mass is 9.97. The number of rotatable bonds is 6. The van der Waals surface area contributed by atoms with Gasteiger partial charge in [-0.1, -0.05) is 52.5 Å². The molecular weight excluding hydrogens is 440 g/mol. The average molecular weight is 479 g/mol. The molecule has 2 heterocycles. The molecule has 0 aliphatic carbocycles. The Morgan fingerprint density at radius 3 is 2.54 bits per heavy atom. The van der Waals surface area contributed by atoms with Crippen LogP contribution in [0.1, 0.15) is 64.7 Å². The fourth-order valence-electron chi connectivity index (χ4n) is 3.51. The number of amides is 1. The van der Waals surface area contributed by atoms with Crippen molar-refractivity contribution in [2.45, 2.75) is 68.0 Å². The molecule has 1 aromatic heterocycles. The van der Waals surface area contributed by atoms with E-state index in [0.29, 0.717) is 6.01 Å². The Morgan fingerprint density at radius 2 is 1.89 bits per heavy atom. The summed E-state index contributed by atoms with van der Waals surface area (Å²) < 4.78 is 5.38. The van der Waals surface area contributed by atoms with E-state index in [9.17, 15) is 9.70 Å². The second-order valence-electron chi connectivity index (χ2n) is 7.47. The zero-order valence-corrected chi connectivity index (χ0v) is 20.6. The monoisotopic (exact) mass is 478 g/mol. The van der Waals surface area contributed by atoms with Gasteiger partial charge >= 0.3 is 0 Å². The number of H-pyrrole nitrogens is 1. The number of benzene rings is 2. The normalized spacial score (nSPS) is 11.8. The van der Waals surface area contributed by atoms with E-state index in [1.54, 1.807) is 0 Å². The number of imidazole rings is 1. The average Bonchev–Trinajstić information content (AvgIpc) is 3.49. The van der Waals surface area contributed by atoms with E-state index in [2.05, 4.69) is 64.7 Å². The molecule has 0 bridgehead atoms. The minimum atomic E-state index is -0.746. The van der Waals surface area contributed by atoms with Gasteiger partial charge in [0.15, 0.2) is 0 Å². The van der Waals surface area contributed by atoms with Gasteiger partial charge in [0.25, 0.3) is 11.9 Å². The van der Waals surface area contributed by atoms with Gasteiger partial charge in [-0.05, 0) is 72.4 Å². The number of hydrogen-bond donors (Lipinski definition) is 2. The first-order chi connectivity index (χ1) is 16.5. The number of aryl methyl sites for hydroxylation is 1. The van der Waals surface area contributed by atoms with Crippen molar-refractivity contribution in [3.05, 3.63) is 76.4 Å². The summed E-state index contributed by atoms with van der Waals surface area (Å²) in [5, 5.41) is 5.68. The third-order valence-electron chi connectivity index (χ3n) is 5.10. The second kappa shape index (κ2) is 15.3. The molecule has 1 amide bonds. The Labute approximate surface area is 208 Å². The van der Waals surface area contributed by atoms with Gasteiger partial charge in [-0.3, -0.25) is 4.79 Å². The summed E-state index contributed by atoms with van der Waals surface area (Å²) in [6.07, 6.45) is 7.99. The number of nitrogens with zero attached hydrogens (tertiary/aromatic N) is 2. The van der Waals surface area contributed by atoms with Crippen molar-refractivity contribution in [3.63, 3.8) is 0 Å². The topological polar surface area (TPSA) is 96.4 Å². The van der Waals surface area contributed by atoms with Gasteiger partial charge in [-0.15, -0.1) is 4.91 Å². The summed E-state index contributed by atoms with van der Waals surface area (Å²) >= 11 is 0. The molecule has 35 heavy (non-hydrogen) atoms. The van der Waals surface area contributed by atoms with Crippen molar-refractivity contribution in [1.82, 2.24) is 15.3 Å².